The van der Waals surface area contributed by atoms with Gasteiger partial charge in [-0.2, -0.15) is 0 Å². The fraction of sp³-hybridized carbons (Fsp3) is 0.409. The Morgan fingerprint density at radius 2 is 1.69 bits per heavy atom. The van der Waals surface area contributed by atoms with Crippen molar-refractivity contribution in [3.05, 3.63) is 60.2 Å². The van der Waals surface area contributed by atoms with E-state index in [-0.39, 0.29) is 5.91 Å². The summed E-state index contributed by atoms with van der Waals surface area (Å²) in [6.07, 6.45) is 5.52. The second-order valence-corrected chi connectivity index (χ2v) is 6.76. The van der Waals surface area contributed by atoms with Gasteiger partial charge in [-0.15, -0.1) is 0 Å². The second kappa shape index (κ2) is 9.85. The highest BCUT2D eigenvalue weighted by Gasteiger charge is 2.15. The molecule has 0 radical (unpaired) electrons. The van der Waals surface area contributed by atoms with E-state index in [9.17, 15) is 4.79 Å². The van der Waals surface area contributed by atoms with E-state index in [0.29, 0.717) is 13.2 Å². The molecule has 1 fully saturated rings. The van der Waals surface area contributed by atoms with Gasteiger partial charge in [0.15, 0.2) is 0 Å². The van der Waals surface area contributed by atoms with Gasteiger partial charge in [0.25, 0.3) is 0 Å². The molecule has 1 aliphatic heterocycles. The number of benzene rings is 2. The third-order valence-corrected chi connectivity index (χ3v) is 4.73. The number of aryl methyl sites for hydroxylation is 1. The molecule has 0 bridgehead atoms. The lowest BCUT2D eigenvalue weighted by Crippen LogP contribution is -2.39. The molecule has 1 amide bonds. The van der Waals surface area contributed by atoms with E-state index in [1.807, 2.05) is 35.2 Å². The monoisotopic (exact) mass is 352 g/mol. The predicted octanol–water partition coefficient (Wildman–Crippen LogP) is 4.12. The van der Waals surface area contributed by atoms with Gasteiger partial charge in [0.1, 0.15) is 5.75 Å². The molecule has 4 heteroatoms. The fourth-order valence-corrected chi connectivity index (χ4v) is 3.21. The van der Waals surface area contributed by atoms with Crippen LogP contribution in [-0.4, -0.2) is 37.0 Å². The maximum absolute atomic E-state index is 12.2. The number of likely N-dealkylation sites (tertiary alicyclic amines) is 1. The van der Waals surface area contributed by atoms with E-state index in [4.69, 9.17) is 4.74 Å². The van der Waals surface area contributed by atoms with Crippen LogP contribution in [0.15, 0.2) is 54.6 Å². The van der Waals surface area contributed by atoms with E-state index < -0.39 is 0 Å². The van der Waals surface area contributed by atoms with Crippen molar-refractivity contribution in [1.29, 1.82) is 0 Å². The number of ether oxygens (including phenoxy) is 1. The summed E-state index contributed by atoms with van der Waals surface area (Å²) in [4.78, 5) is 14.1. The Bertz CT molecular complexity index is 664. The number of amides is 1. The molecule has 0 saturated carbocycles. The van der Waals surface area contributed by atoms with Crippen LogP contribution in [0.25, 0.3) is 0 Å². The summed E-state index contributed by atoms with van der Waals surface area (Å²) in [5.74, 6) is 1.05. The first-order valence-corrected chi connectivity index (χ1v) is 9.60. The first-order valence-electron chi connectivity index (χ1n) is 9.60. The van der Waals surface area contributed by atoms with E-state index in [1.54, 1.807) is 0 Å². The molecule has 0 aliphatic carbocycles. The molecule has 2 aromatic carbocycles. The van der Waals surface area contributed by atoms with Crippen LogP contribution < -0.4 is 10.1 Å². The zero-order valence-corrected chi connectivity index (χ0v) is 15.3. The molecule has 1 N–H and O–H groups in total. The molecule has 0 spiro atoms. The summed E-state index contributed by atoms with van der Waals surface area (Å²) in [6.45, 7) is 2.86. The molecule has 138 valence electrons. The summed E-state index contributed by atoms with van der Waals surface area (Å²) in [7, 11) is 0. The van der Waals surface area contributed by atoms with Gasteiger partial charge in [0.2, 0.25) is 5.91 Å². The van der Waals surface area contributed by atoms with Crippen LogP contribution in [-0.2, 0) is 11.2 Å². The molecule has 1 heterocycles. The lowest BCUT2D eigenvalue weighted by atomic mass is 10.1. The smallest absolute Gasteiger partial charge is 0.241 e. The Labute approximate surface area is 156 Å². The van der Waals surface area contributed by atoms with E-state index in [1.165, 1.54) is 12.0 Å². The minimum atomic E-state index is 0.186. The minimum Gasteiger partial charge on any atom is -0.494 e. The van der Waals surface area contributed by atoms with Crippen molar-refractivity contribution in [1.82, 2.24) is 4.90 Å². The highest BCUT2D eigenvalue weighted by Crippen LogP contribution is 2.16. The number of carbonyl (C=O) groups excluding carboxylic acids is 1. The number of hydrogen-bond donors (Lipinski definition) is 1. The molecule has 2 aromatic rings. The maximum atomic E-state index is 12.2. The molecule has 1 aliphatic rings. The summed E-state index contributed by atoms with van der Waals surface area (Å²) < 4.78 is 5.80. The van der Waals surface area contributed by atoms with E-state index >= 15 is 0 Å². The van der Waals surface area contributed by atoms with Crippen LogP contribution in [0.3, 0.4) is 0 Å². The Kier molecular flexibility index (Phi) is 6.94. The van der Waals surface area contributed by atoms with Gasteiger partial charge in [0.05, 0.1) is 13.2 Å². The Morgan fingerprint density at radius 1 is 0.962 bits per heavy atom. The van der Waals surface area contributed by atoms with E-state index in [0.717, 1.165) is 50.2 Å². The molecule has 0 aromatic heterocycles. The van der Waals surface area contributed by atoms with Crippen LogP contribution >= 0.6 is 0 Å². The highest BCUT2D eigenvalue weighted by atomic mass is 16.5. The first kappa shape index (κ1) is 18.3. The summed E-state index contributed by atoms with van der Waals surface area (Å²) in [5.41, 5.74) is 2.29. The molecule has 4 nitrogen and oxygen atoms in total. The molecule has 1 saturated heterocycles. The van der Waals surface area contributed by atoms with Gasteiger partial charge in [0, 0.05) is 18.8 Å². The van der Waals surface area contributed by atoms with Crippen molar-refractivity contribution in [2.24, 2.45) is 0 Å². The van der Waals surface area contributed by atoms with Gasteiger partial charge in [-0.25, -0.2) is 0 Å². The van der Waals surface area contributed by atoms with Crippen molar-refractivity contribution in [2.75, 3.05) is 31.6 Å². The number of piperidine rings is 1. The van der Waals surface area contributed by atoms with Gasteiger partial charge >= 0.3 is 0 Å². The maximum Gasteiger partial charge on any atom is 0.241 e. The van der Waals surface area contributed by atoms with Crippen molar-refractivity contribution in [2.45, 2.75) is 32.1 Å². The third kappa shape index (κ3) is 5.80. The number of rotatable bonds is 8. The zero-order valence-electron chi connectivity index (χ0n) is 15.3. The predicted molar refractivity (Wildman–Crippen MR) is 106 cm³/mol. The normalized spacial score (nSPS) is 14.1. The van der Waals surface area contributed by atoms with Crippen LogP contribution in [0.4, 0.5) is 5.69 Å². The van der Waals surface area contributed by atoms with Gasteiger partial charge in [-0.05, 0) is 61.9 Å². The standard InChI is InChI=1S/C22H28N2O2/c25-22(24-15-5-2-6-16-24)18-23-20-11-13-21(14-12-20)26-17-7-10-19-8-3-1-4-9-19/h1,3-4,8-9,11-14,23H,2,5-7,10,15-18H2. The first-order chi connectivity index (χ1) is 12.8. The molecule has 3 rings (SSSR count). The zero-order chi connectivity index (χ0) is 18.0. The number of nitrogens with one attached hydrogen (secondary N) is 1. The quantitative estimate of drug-likeness (QED) is 0.727. The van der Waals surface area contributed by atoms with Crippen LogP contribution in [0, 0.1) is 0 Å². The lowest BCUT2D eigenvalue weighted by Gasteiger charge is -2.26. The molecule has 0 unspecified atom stereocenters. The van der Waals surface area contributed by atoms with Crippen molar-refractivity contribution >= 4 is 11.6 Å². The average molecular weight is 352 g/mol. The Balaban J connectivity index is 1.35. The van der Waals surface area contributed by atoms with Gasteiger partial charge < -0.3 is 15.0 Å². The van der Waals surface area contributed by atoms with Gasteiger partial charge in [-0.3, -0.25) is 4.79 Å². The lowest BCUT2D eigenvalue weighted by molar-refractivity contribution is -0.130. The van der Waals surface area contributed by atoms with Crippen LogP contribution in [0.1, 0.15) is 31.2 Å². The summed E-state index contributed by atoms with van der Waals surface area (Å²) in [6, 6.07) is 18.3. The van der Waals surface area contributed by atoms with Crippen molar-refractivity contribution < 1.29 is 9.53 Å². The Morgan fingerprint density at radius 3 is 2.42 bits per heavy atom. The van der Waals surface area contributed by atoms with Gasteiger partial charge in [-0.1, -0.05) is 30.3 Å². The second-order valence-electron chi connectivity index (χ2n) is 6.76. The summed E-state index contributed by atoms with van der Waals surface area (Å²) in [5, 5.41) is 3.21. The SMILES string of the molecule is O=C(CNc1ccc(OCCCc2ccccc2)cc1)N1CCCCC1. The molecular formula is C22H28N2O2. The van der Waals surface area contributed by atoms with Crippen LogP contribution in [0.5, 0.6) is 5.75 Å². The fourth-order valence-electron chi connectivity index (χ4n) is 3.21. The summed E-state index contributed by atoms with van der Waals surface area (Å²) >= 11 is 0. The van der Waals surface area contributed by atoms with Crippen molar-refractivity contribution in [3.8, 4) is 5.75 Å². The Hall–Kier alpha value is -2.49. The van der Waals surface area contributed by atoms with Crippen molar-refractivity contribution in [3.63, 3.8) is 0 Å². The minimum absolute atomic E-state index is 0.186. The number of anilines is 1. The average Bonchev–Trinajstić information content (AvgIpc) is 2.72. The molecule has 0 atom stereocenters. The largest absolute Gasteiger partial charge is 0.494 e. The molecule has 26 heavy (non-hydrogen) atoms. The third-order valence-electron chi connectivity index (χ3n) is 4.73. The number of carbonyl (C=O) groups is 1. The molecular weight excluding hydrogens is 324 g/mol. The van der Waals surface area contributed by atoms with E-state index in [2.05, 4.69) is 29.6 Å². The van der Waals surface area contributed by atoms with Crippen LogP contribution in [0.2, 0.25) is 0 Å². The topological polar surface area (TPSA) is 41.6 Å². The number of hydrogen-bond acceptors (Lipinski definition) is 3. The number of nitrogens with zero attached hydrogens (tertiary/aromatic N) is 1. The highest BCUT2D eigenvalue weighted by molar-refractivity contribution is 5.81.